The largest absolute Gasteiger partial charge is 0.480 e. The zero-order chi connectivity index (χ0) is 15.2. The summed E-state index contributed by atoms with van der Waals surface area (Å²) in [5.41, 5.74) is 0. The molecule has 2 aromatic heterocycles. The van der Waals surface area contributed by atoms with Crippen LogP contribution in [0.15, 0.2) is 27.3 Å². The minimum absolute atomic E-state index is 0.202. The molecule has 2 N–H and O–H groups in total. The fraction of sp³-hybridized carbons (Fsp3) is 0.333. The number of thioether (sulfide) groups is 1. The zero-order valence-electron chi connectivity index (χ0n) is 11.1. The molecule has 9 heteroatoms. The van der Waals surface area contributed by atoms with Crippen LogP contribution in [0.2, 0.25) is 0 Å². The molecule has 0 radical (unpaired) electrons. The highest BCUT2D eigenvalue weighted by molar-refractivity contribution is 7.98. The number of aromatic nitrogens is 2. The molecule has 0 aromatic carbocycles. The second kappa shape index (κ2) is 6.93. The Morgan fingerprint density at radius 2 is 2.33 bits per heavy atom. The zero-order valence-corrected chi connectivity index (χ0v) is 11.9. The number of carbonyl (C=O) groups excluding carboxylic acids is 1. The molecule has 0 bridgehead atoms. The number of carboxylic acid groups (broad SMARTS) is 1. The van der Waals surface area contributed by atoms with Gasteiger partial charge in [0.05, 0.1) is 12.0 Å². The van der Waals surface area contributed by atoms with Gasteiger partial charge in [-0.15, -0.1) is 11.8 Å². The van der Waals surface area contributed by atoms with Crippen LogP contribution in [0.25, 0.3) is 11.6 Å². The van der Waals surface area contributed by atoms with Crippen molar-refractivity contribution in [2.45, 2.75) is 18.7 Å². The summed E-state index contributed by atoms with van der Waals surface area (Å²) in [4.78, 5) is 26.0. The van der Waals surface area contributed by atoms with Gasteiger partial charge in [0.25, 0.3) is 0 Å². The summed E-state index contributed by atoms with van der Waals surface area (Å²) >= 11 is 1.27. The van der Waals surface area contributed by atoms with Gasteiger partial charge >= 0.3 is 5.97 Å². The topological polar surface area (TPSA) is 118 Å². The minimum atomic E-state index is -1.08. The number of aliphatic carboxylic acids is 1. The lowest BCUT2D eigenvalue weighted by Crippen LogP contribution is -2.41. The molecule has 0 saturated carbocycles. The molecule has 0 aliphatic heterocycles. The van der Waals surface area contributed by atoms with E-state index < -0.39 is 12.0 Å². The molecular formula is C12H13N3O5S. The van der Waals surface area contributed by atoms with Crippen LogP contribution in [0.1, 0.15) is 12.8 Å². The summed E-state index contributed by atoms with van der Waals surface area (Å²) < 4.78 is 10.2. The first-order valence-corrected chi connectivity index (χ1v) is 7.16. The monoisotopic (exact) mass is 311 g/mol. The lowest BCUT2D eigenvalue weighted by Gasteiger charge is -2.11. The predicted molar refractivity (Wildman–Crippen MR) is 73.4 cm³/mol. The molecule has 8 nitrogen and oxygen atoms in total. The number of carbonyl (C=O) groups is 2. The van der Waals surface area contributed by atoms with Gasteiger partial charge in [-0.2, -0.15) is 4.98 Å². The second-order valence-corrected chi connectivity index (χ2v) is 5.13. The van der Waals surface area contributed by atoms with Gasteiger partial charge in [0.1, 0.15) is 6.04 Å². The number of carboxylic acids is 1. The Labute approximate surface area is 123 Å². The number of hydrogen-bond acceptors (Lipinski definition) is 7. The SMILES string of the molecule is CC(=O)NC(CSCc1nc(-c2ccco2)no1)C(=O)O. The van der Waals surface area contributed by atoms with E-state index in [0.29, 0.717) is 23.2 Å². The molecule has 112 valence electrons. The Morgan fingerprint density at radius 3 is 2.95 bits per heavy atom. The van der Waals surface area contributed by atoms with Crippen molar-refractivity contribution in [1.82, 2.24) is 15.5 Å². The molecule has 1 atom stereocenters. The van der Waals surface area contributed by atoms with Crippen LogP contribution in [0.4, 0.5) is 0 Å². The Bertz CT molecular complexity index is 610. The standard InChI is InChI=1S/C12H13N3O5S/c1-7(16)13-8(12(17)18)5-21-6-10-14-11(15-20-10)9-3-2-4-19-9/h2-4,8H,5-6H2,1H3,(H,13,16)(H,17,18). The second-order valence-electron chi connectivity index (χ2n) is 4.10. The number of hydrogen-bond donors (Lipinski definition) is 2. The summed E-state index contributed by atoms with van der Waals surface area (Å²) in [5, 5.41) is 15.1. The van der Waals surface area contributed by atoms with Crippen molar-refractivity contribution in [3.8, 4) is 11.6 Å². The van der Waals surface area contributed by atoms with E-state index in [0.717, 1.165) is 0 Å². The van der Waals surface area contributed by atoms with E-state index in [1.54, 1.807) is 12.1 Å². The number of furan rings is 1. The highest BCUT2D eigenvalue weighted by atomic mass is 32.2. The molecule has 21 heavy (non-hydrogen) atoms. The number of nitrogens with zero attached hydrogens (tertiary/aromatic N) is 2. The van der Waals surface area contributed by atoms with Crippen molar-refractivity contribution in [3.05, 3.63) is 24.3 Å². The molecule has 0 fully saturated rings. The third-order valence-corrected chi connectivity index (χ3v) is 3.42. The van der Waals surface area contributed by atoms with Crippen molar-refractivity contribution < 1.29 is 23.6 Å². The molecular weight excluding hydrogens is 298 g/mol. The van der Waals surface area contributed by atoms with Crippen molar-refractivity contribution in [2.75, 3.05) is 5.75 Å². The number of nitrogens with one attached hydrogen (secondary N) is 1. The third kappa shape index (κ3) is 4.35. The maximum Gasteiger partial charge on any atom is 0.327 e. The van der Waals surface area contributed by atoms with Gasteiger partial charge in [0.2, 0.25) is 17.6 Å². The van der Waals surface area contributed by atoms with Crippen LogP contribution in [-0.4, -0.2) is 38.9 Å². The Hall–Kier alpha value is -2.29. The Kier molecular flexibility index (Phi) is 4.99. The van der Waals surface area contributed by atoms with E-state index >= 15 is 0 Å². The van der Waals surface area contributed by atoms with E-state index in [4.69, 9.17) is 14.0 Å². The summed E-state index contributed by atoms with van der Waals surface area (Å²) in [5.74, 6) is 0.271. The molecule has 2 aromatic rings. The van der Waals surface area contributed by atoms with E-state index in [9.17, 15) is 9.59 Å². The van der Waals surface area contributed by atoms with Crippen LogP contribution >= 0.6 is 11.8 Å². The van der Waals surface area contributed by atoms with Gasteiger partial charge in [-0.25, -0.2) is 4.79 Å². The highest BCUT2D eigenvalue weighted by Crippen LogP contribution is 2.18. The molecule has 2 heterocycles. The smallest absolute Gasteiger partial charge is 0.327 e. The van der Waals surface area contributed by atoms with Gasteiger partial charge in [0.15, 0.2) is 5.76 Å². The first-order valence-electron chi connectivity index (χ1n) is 6.00. The lowest BCUT2D eigenvalue weighted by molar-refractivity contribution is -0.140. The first-order chi connectivity index (χ1) is 10.1. The number of amides is 1. The molecule has 0 aliphatic rings. The van der Waals surface area contributed by atoms with E-state index in [-0.39, 0.29) is 11.7 Å². The third-order valence-electron chi connectivity index (χ3n) is 2.40. The van der Waals surface area contributed by atoms with Crippen molar-refractivity contribution in [1.29, 1.82) is 0 Å². The predicted octanol–water partition coefficient (Wildman–Crippen LogP) is 1.15. The average Bonchev–Trinajstić information content (AvgIpc) is 3.07. The minimum Gasteiger partial charge on any atom is -0.480 e. The van der Waals surface area contributed by atoms with E-state index in [1.165, 1.54) is 24.9 Å². The Morgan fingerprint density at radius 1 is 1.52 bits per heavy atom. The quantitative estimate of drug-likeness (QED) is 0.781. The molecule has 0 saturated heterocycles. The fourth-order valence-corrected chi connectivity index (χ4v) is 2.37. The molecule has 1 amide bonds. The Balaban J connectivity index is 1.85. The normalized spacial score (nSPS) is 12.0. The number of rotatable bonds is 7. The molecule has 0 aliphatic carbocycles. The van der Waals surface area contributed by atoms with Gasteiger partial charge in [0, 0.05) is 12.7 Å². The molecule has 1 unspecified atom stereocenters. The van der Waals surface area contributed by atoms with Crippen molar-refractivity contribution in [3.63, 3.8) is 0 Å². The van der Waals surface area contributed by atoms with Crippen LogP contribution < -0.4 is 5.32 Å². The fourth-order valence-electron chi connectivity index (χ4n) is 1.50. The van der Waals surface area contributed by atoms with E-state index in [1.807, 2.05) is 0 Å². The van der Waals surface area contributed by atoms with Gasteiger partial charge < -0.3 is 19.4 Å². The van der Waals surface area contributed by atoms with Crippen LogP contribution in [-0.2, 0) is 15.3 Å². The van der Waals surface area contributed by atoms with Crippen LogP contribution in [0.3, 0.4) is 0 Å². The van der Waals surface area contributed by atoms with Crippen molar-refractivity contribution >= 4 is 23.6 Å². The molecule has 2 rings (SSSR count). The van der Waals surface area contributed by atoms with Crippen LogP contribution in [0.5, 0.6) is 0 Å². The van der Waals surface area contributed by atoms with Crippen molar-refractivity contribution in [2.24, 2.45) is 0 Å². The maximum atomic E-state index is 10.9. The lowest BCUT2D eigenvalue weighted by atomic mass is 10.3. The van der Waals surface area contributed by atoms with Gasteiger partial charge in [-0.3, -0.25) is 4.79 Å². The van der Waals surface area contributed by atoms with Gasteiger partial charge in [-0.1, -0.05) is 5.16 Å². The summed E-state index contributed by atoms with van der Waals surface area (Å²) in [6, 6.07) is 2.48. The highest BCUT2D eigenvalue weighted by Gasteiger charge is 2.19. The molecule has 0 spiro atoms. The van der Waals surface area contributed by atoms with Gasteiger partial charge in [-0.05, 0) is 12.1 Å². The first kappa shape index (κ1) is 15.1. The summed E-state index contributed by atoms with van der Waals surface area (Å²) in [6.07, 6.45) is 1.50. The summed E-state index contributed by atoms with van der Waals surface area (Å²) in [7, 11) is 0. The van der Waals surface area contributed by atoms with Crippen LogP contribution in [0, 0.1) is 0 Å². The summed E-state index contributed by atoms with van der Waals surface area (Å²) in [6.45, 7) is 1.27. The van der Waals surface area contributed by atoms with E-state index in [2.05, 4.69) is 15.5 Å². The maximum absolute atomic E-state index is 10.9. The average molecular weight is 311 g/mol.